The second kappa shape index (κ2) is 7.29. The van der Waals surface area contributed by atoms with Crippen molar-refractivity contribution in [2.24, 2.45) is 5.92 Å². The van der Waals surface area contributed by atoms with Crippen LogP contribution in [0.15, 0.2) is 42.7 Å². The number of amides is 1. The van der Waals surface area contributed by atoms with Crippen LogP contribution in [0.25, 0.3) is 0 Å². The molecule has 2 aromatic heterocycles. The van der Waals surface area contributed by atoms with Crippen molar-refractivity contribution < 1.29 is 4.79 Å². The lowest BCUT2D eigenvalue weighted by Gasteiger charge is -2.36. The van der Waals surface area contributed by atoms with Crippen molar-refractivity contribution in [3.8, 4) is 0 Å². The van der Waals surface area contributed by atoms with Crippen molar-refractivity contribution in [3.05, 3.63) is 42.7 Å². The van der Waals surface area contributed by atoms with Crippen LogP contribution in [0, 0.1) is 5.92 Å². The number of nitrogens with zero attached hydrogens (tertiary/aromatic N) is 4. The summed E-state index contributed by atoms with van der Waals surface area (Å²) in [7, 11) is 0. The molecule has 0 unspecified atom stereocenters. The molecule has 1 fully saturated rings. The first-order chi connectivity index (χ1) is 11.6. The minimum Gasteiger partial charge on any atom is -0.353 e. The lowest BCUT2D eigenvalue weighted by Crippen LogP contribution is -2.47. The third kappa shape index (κ3) is 3.82. The molecule has 0 aromatic carbocycles. The zero-order chi connectivity index (χ0) is 16.9. The molecule has 3 heterocycles. The van der Waals surface area contributed by atoms with E-state index in [1.165, 1.54) is 0 Å². The van der Waals surface area contributed by atoms with Crippen molar-refractivity contribution in [3.63, 3.8) is 0 Å². The van der Waals surface area contributed by atoms with Gasteiger partial charge in [-0.3, -0.25) is 4.79 Å². The Bertz CT molecular complexity index is 664. The summed E-state index contributed by atoms with van der Waals surface area (Å²) < 4.78 is 0. The van der Waals surface area contributed by atoms with Crippen LogP contribution in [0.4, 0.5) is 17.3 Å². The molecule has 1 N–H and O–H groups in total. The number of rotatable bonds is 4. The zero-order valence-electron chi connectivity index (χ0n) is 14.1. The van der Waals surface area contributed by atoms with E-state index in [-0.39, 0.29) is 11.8 Å². The van der Waals surface area contributed by atoms with Crippen LogP contribution in [0.5, 0.6) is 0 Å². The van der Waals surface area contributed by atoms with Gasteiger partial charge in [-0.2, -0.15) is 0 Å². The molecule has 24 heavy (non-hydrogen) atoms. The Morgan fingerprint density at radius 3 is 2.17 bits per heavy atom. The molecule has 3 rings (SSSR count). The van der Waals surface area contributed by atoms with Crippen LogP contribution in [-0.2, 0) is 4.79 Å². The first kappa shape index (κ1) is 16.2. The molecule has 6 nitrogen and oxygen atoms in total. The number of hydrogen-bond acceptors (Lipinski definition) is 5. The van der Waals surface area contributed by atoms with Crippen LogP contribution in [0.3, 0.4) is 0 Å². The number of hydrogen-bond donors (Lipinski definition) is 1. The molecule has 0 atom stereocenters. The third-order valence-corrected chi connectivity index (χ3v) is 4.12. The van der Waals surface area contributed by atoms with E-state index in [9.17, 15) is 4.79 Å². The summed E-state index contributed by atoms with van der Waals surface area (Å²) in [6.45, 7) is 7.40. The van der Waals surface area contributed by atoms with Gasteiger partial charge in [0, 0.05) is 38.3 Å². The number of pyridine rings is 2. The summed E-state index contributed by atoms with van der Waals surface area (Å²) in [6.07, 6.45) is 3.55. The molecule has 1 aliphatic heterocycles. The maximum atomic E-state index is 11.7. The fourth-order valence-electron chi connectivity index (χ4n) is 2.64. The minimum atomic E-state index is -0.0376. The smallest absolute Gasteiger partial charge is 0.226 e. The van der Waals surface area contributed by atoms with Gasteiger partial charge < -0.3 is 15.1 Å². The Hall–Kier alpha value is -2.63. The van der Waals surface area contributed by atoms with Gasteiger partial charge in [-0.05, 0) is 24.3 Å². The quantitative estimate of drug-likeness (QED) is 0.935. The van der Waals surface area contributed by atoms with Crippen molar-refractivity contribution in [1.29, 1.82) is 0 Å². The predicted molar refractivity (Wildman–Crippen MR) is 96.4 cm³/mol. The Kier molecular flexibility index (Phi) is 4.93. The van der Waals surface area contributed by atoms with E-state index in [2.05, 4.69) is 25.1 Å². The summed E-state index contributed by atoms with van der Waals surface area (Å²) in [5, 5.41) is 2.86. The van der Waals surface area contributed by atoms with Gasteiger partial charge in [-0.15, -0.1) is 0 Å². The summed E-state index contributed by atoms with van der Waals surface area (Å²) >= 11 is 0. The molecule has 6 heteroatoms. The number of carbonyl (C=O) groups is 1. The average molecular weight is 325 g/mol. The standard InChI is InChI=1S/C18H23N5O/c1-14(2)18(24)21-15-6-7-17(20-13-15)23-11-9-22(10-12-23)16-5-3-4-8-19-16/h3-8,13-14H,9-12H2,1-2H3,(H,21,24). The lowest BCUT2D eigenvalue weighted by molar-refractivity contribution is -0.118. The van der Waals surface area contributed by atoms with Crippen molar-refractivity contribution in [2.75, 3.05) is 41.3 Å². The highest BCUT2D eigenvalue weighted by Crippen LogP contribution is 2.19. The highest BCUT2D eigenvalue weighted by molar-refractivity contribution is 5.91. The third-order valence-electron chi connectivity index (χ3n) is 4.12. The SMILES string of the molecule is CC(C)C(=O)Nc1ccc(N2CCN(c3ccccn3)CC2)nc1. The molecule has 0 saturated carbocycles. The van der Waals surface area contributed by atoms with Gasteiger partial charge in [0.2, 0.25) is 5.91 Å². The summed E-state index contributed by atoms with van der Waals surface area (Å²) in [4.78, 5) is 25.1. The summed E-state index contributed by atoms with van der Waals surface area (Å²) in [5.41, 5.74) is 0.740. The first-order valence-electron chi connectivity index (χ1n) is 8.31. The topological polar surface area (TPSA) is 61.4 Å². The minimum absolute atomic E-state index is 0.00789. The van der Waals surface area contributed by atoms with E-state index in [4.69, 9.17) is 0 Å². The summed E-state index contributed by atoms with van der Waals surface area (Å²) in [5.74, 6) is 1.94. The maximum Gasteiger partial charge on any atom is 0.226 e. The molecule has 126 valence electrons. The Morgan fingerprint density at radius 1 is 1.00 bits per heavy atom. The fraction of sp³-hybridized carbons (Fsp3) is 0.389. The number of anilines is 3. The van der Waals surface area contributed by atoms with Crippen molar-refractivity contribution in [1.82, 2.24) is 9.97 Å². The highest BCUT2D eigenvalue weighted by Gasteiger charge is 2.19. The van der Waals surface area contributed by atoms with Gasteiger partial charge in [0.1, 0.15) is 11.6 Å². The Labute approximate surface area is 142 Å². The highest BCUT2D eigenvalue weighted by atomic mass is 16.1. The van der Waals surface area contributed by atoms with Crippen molar-refractivity contribution in [2.45, 2.75) is 13.8 Å². The molecule has 2 aromatic rings. The van der Waals surface area contributed by atoms with Gasteiger partial charge in [-0.1, -0.05) is 19.9 Å². The predicted octanol–water partition coefficient (Wildman–Crippen LogP) is 2.40. The van der Waals surface area contributed by atoms with E-state index in [0.29, 0.717) is 0 Å². The average Bonchev–Trinajstić information content (AvgIpc) is 2.63. The molecular weight excluding hydrogens is 302 g/mol. The summed E-state index contributed by atoms with van der Waals surface area (Å²) in [6, 6.07) is 9.87. The van der Waals surface area contributed by atoms with Gasteiger partial charge in [0.15, 0.2) is 0 Å². The molecule has 0 aliphatic carbocycles. The van der Waals surface area contributed by atoms with Gasteiger partial charge in [-0.25, -0.2) is 9.97 Å². The van der Waals surface area contributed by atoms with E-state index in [1.54, 1.807) is 6.20 Å². The Morgan fingerprint density at radius 2 is 1.67 bits per heavy atom. The fourth-order valence-corrected chi connectivity index (χ4v) is 2.64. The lowest BCUT2D eigenvalue weighted by atomic mass is 10.2. The van der Waals surface area contributed by atoms with Gasteiger partial charge in [0.25, 0.3) is 0 Å². The van der Waals surface area contributed by atoms with Gasteiger partial charge in [0.05, 0.1) is 11.9 Å². The number of aromatic nitrogens is 2. The van der Waals surface area contributed by atoms with Crippen LogP contribution < -0.4 is 15.1 Å². The maximum absolute atomic E-state index is 11.7. The van der Waals surface area contributed by atoms with E-state index in [0.717, 1.165) is 43.5 Å². The molecule has 1 saturated heterocycles. The number of nitrogens with one attached hydrogen (secondary N) is 1. The molecular formula is C18H23N5O. The van der Waals surface area contributed by atoms with E-state index >= 15 is 0 Å². The molecule has 1 aliphatic rings. The second-order valence-electron chi connectivity index (χ2n) is 6.21. The molecule has 0 bridgehead atoms. The molecule has 0 radical (unpaired) electrons. The van der Waals surface area contributed by atoms with Crippen LogP contribution in [0.1, 0.15) is 13.8 Å². The van der Waals surface area contributed by atoms with E-state index < -0.39 is 0 Å². The number of piperazine rings is 1. The van der Waals surface area contributed by atoms with Crippen LogP contribution in [-0.4, -0.2) is 42.1 Å². The van der Waals surface area contributed by atoms with Crippen LogP contribution in [0.2, 0.25) is 0 Å². The van der Waals surface area contributed by atoms with E-state index in [1.807, 2.05) is 50.4 Å². The molecule has 0 spiro atoms. The second-order valence-corrected chi connectivity index (χ2v) is 6.21. The largest absolute Gasteiger partial charge is 0.353 e. The zero-order valence-corrected chi connectivity index (χ0v) is 14.1. The van der Waals surface area contributed by atoms with Crippen LogP contribution >= 0.6 is 0 Å². The Balaban J connectivity index is 1.57. The number of carbonyl (C=O) groups excluding carboxylic acids is 1. The first-order valence-corrected chi connectivity index (χ1v) is 8.31. The van der Waals surface area contributed by atoms with Gasteiger partial charge >= 0.3 is 0 Å². The molecule has 1 amide bonds. The normalized spacial score (nSPS) is 14.8. The monoisotopic (exact) mass is 325 g/mol. The van der Waals surface area contributed by atoms with Crippen molar-refractivity contribution >= 4 is 23.2 Å².